The third-order valence-corrected chi connectivity index (χ3v) is 11.7. The Bertz CT molecular complexity index is 1500. The van der Waals surface area contributed by atoms with Crippen LogP contribution in [0.1, 0.15) is 57.4 Å². The molecule has 3 aromatic rings. The van der Waals surface area contributed by atoms with E-state index >= 15 is 0 Å². The minimum absolute atomic E-state index is 0.0800. The van der Waals surface area contributed by atoms with Crippen LogP contribution in [0, 0.1) is 0 Å². The summed E-state index contributed by atoms with van der Waals surface area (Å²) in [5.41, 5.74) is 1.15. The lowest BCUT2D eigenvalue weighted by atomic mass is 9.86. The number of sulfonamides is 1. The number of hydrogen-bond donors (Lipinski definition) is 3. The molecule has 2 aromatic heterocycles. The Hall–Kier alpha value is -2.85. The van der Waals surface area contributed by atoms with Gasteiger partial charge < -0.3 is 20.1 Å². The number of ether oxygens (including phenoxy) is 2. The predicted octanol–water partition coefficient (Wildman–Crippen LogP) is 5.92. The van der Waals surface area contributed by atoms with E-state index in [-0.39, 0.29) is 35.6 Å². The SMILES string of the molecule is CCNS(=O)(=O)c1cc(Nc2nncn2COCC[Si](C)(C)C)ccc1-c1cnc([C@H]2CC[C@H](NC(=O)OC(C)C)CC2)s1. The van der Waals surface area contributed by atoms with E-state index in [1.54, 1.807) is 36.1 Å². The molecule has 1 amide bonds. The number of rotatable bonds is 14. The smallest absolute Gasteiger partial charge is 0.407 e. The summed E-state index contributed by atoms with van der Waals surface area (Å²) in [6.07, 6.45) is 6.24. The molecule has 0 atom stereocenters. The summed E-state index contributed by atoms with van der Waals surface area (Å²) < 4.78 is 42.2. The van der Waals surface area contributed by atoms with Crippen LogP contribution in [0.15, 0.2) is 35.6 Å². The minimum atomic E-state index is -3.80. The molecule has 44 heavy (non-hydrogen) atoms. The van der Waals surface area contributed by atoms with E-state index in [4.69, 9.17) is 14.5 Å². The second-order valence-electron chi connectivity index (χ2n) is 12.5. The van der Waals surface area contributed by atoms with Crippen molar-refractivity contribution >= 4 is 47.2 Å². The summed E-state index contributed by atoms with van der Waals surface area (Å²) in [4.78, 5) is 17.6. The van der Waals surface area contributed by atoms with E-state index in [1.165, 1.54) is 11.3 Å². The molecule has 3 N–H and O–H groups in total. The second kappa shape index (κ2) is 15.0. The van der Waals surface area contributed by atoms with E-state index < -0.39 is 18.1 Å². The number of nitrogens with one attached hydrogen (secondary N) is 3. The van der Waals surface area contributed by atoms with Gasteiger partial charge in [0.1, 0.15) is 13.1 Å². The molecule has 0 unspecified atom stereocenters. The average Bonchev–Trinajstić information content (AvgIpc) is 3.61. The number of thiazole rings is 1. The van der Waals surface area contributed by atoms with E-state index in [1.807, 2.05) is 19.9 Å². The highest BCUT2D eigenvalue weighted by Gasteiger charge is 2.27. The molecule has 12 nitrogen and oxygen atoms in total. The second-order valence-corrected chi connectivity index (χ2v) is 20.9. The summed E-state index contributed by atoms with van der Waals surface area (Å²) in [6, 6.07) is 6.38. The van der Waals surface area contributed by atoms with Crippen molar-refractivity contribution in [3.05, 3.63) is 35.7 Å². The lowest BCUT2D eigenvalue weighted by Crippen LogP contribution is -2.38. The molecule has 0 aliphatic heterocycles. The maximum absolute atomic E-state index is 13.4. The van der Waals surface area contributed by atoms with Crippen LogP contribution in [0.5, 0.6) is 0 Å². The van der Waals surface area contributed by atoms with Crippen molar-refractivity contribution in [1.82, 2.24) is 29.8 Å². The Labute approximate surface area is 265 Å². The Morgan fingerprint density at radius 1 is 1.18 bits per heavy atom. The van der Waals surface area contributed by atoms with E-state index in [0.29, 0.717) is 30.5 Å². The number of alkyl carbamates (subject to hydrolysis) is 1. The maximum Gasteiger partial charge on any atom is 0.407 e. The summed E-state index contributed by atoms with van der Waals surface area (Å²) in [5, 5.41) is 15.3. The number of nitrogens with zero attached hydrogens (tertiary/aromatic N) is 4. The molecule has 1 fully saturated rings. The fourth-order valence-electron chi connectivity index (χ4n) is 4.91. The summed E-state index contributed by atoms with van der Waals surface area (Å²) in [7, 11) is -5.01. The van der Waals surface area contributed by atoms with Gasteiger partial charge in [-0.05, 0) is 57.7 Å². The molecule has 0 bridgehead atoms. The van der Waals surface area contributed by atoms with Crippen LogP contribution in [0.4, 0.5) is 16.4 Å². The molecule has 0 saturated heterocycles. The lowest BCUT2D eigenvalue weighted by Gasteiger charge is -2.28. The van der Waals surface area contributed by atoms with Gasteiger partial charge in [-0.3, -0.25) is 4.57 Å². The van der Waals surface area contributed by atoms with Crippen molar-refractivity contribution in [3.8, 4) is 10.4 Å². The molecule has 0 radical (unpaired) electrons. The first-order valence-corrected chi connectivity index (χ1v) is 21.1. The first-order valence-electron chi connectivity index (χ1n) is 15.1. The van der Waals surface area contributed by atoms with Gasteiger partial charge in [-0.1, -0.05) is 32.6 Å². The standard InChI is InChI=1S/C29H45N7O5S2Si/c1-7-32-43(38,39)26-16-23(33-28-35-31-18-36(28)19-40-14-15-44(4,5)6)12-13-24(26)25-17-30-27(42-25)21-8-10-22(11-9-21)34-29(37)41-20(2)3/h12-13,16-18,20-22,32H,7-11,14-15,19H2,1-6H3,(H,33,35)(H,34,37)/t21-,22-. The molecule has 1 aromatic carbocycles. The van der Waals surface area contributed by atoms with Crippen molar-refractivity contribution in [1.29, 1.82) is 0 Å². The Morgan fingerprint density at radius 3 is 2.61 bits per heavy atom. The third-order valence-electron chi connectivity index (χ3n) is 7.23. The van der Waals surface area contributed by atoms with E-state index in [2.05, 4.69) is 45.2 Å². The highest BCUT2D eigenvalue weighted by atomic mass is 32.2. The fourth-order valence-corrected chi connectivity index (χ4v) is 8.14. The van der Waals surface area contributed by atoms with Crippen molar-refractivity contribution in [2.24, 2.45) is 0 Å². The first-order chi connectivity index (χ1) is 20.8. The normalized spacial score (nSPS) is 17.5. The van der Waals surface area contributed by atoms with Crippen molar-refractivity contribution in [3.63, 3.8) is 0 Å². The molecular formula is C29H45N7O5S2Si. The molecule has 4 rings (SSSR count). The van der Waals surface area contributed by atoms with Gasteiger partial charge >= 0.3 is 6.09 Å². The Morgan fingerprint density at radius 2 is 1.93 bits per heavy atom. The molecule has 1 aliphatic carbocycles. The van der Waals surface area contributed by atoms with Crippen LogP contribution in [0.2, 0.25) is 25.7 Å². The van der Waals surface area contributed by atoms with Gasteiger partial charge in [-0.15, -0.1) is 21.5 Å². The fraction of sp³-hybridized carbons (Fsp3) is 0.586. The molecule has 1 saturated carbocycles. The van der Waals surface area contributed by atoms with Gasteiger partial charge in [0.05, 0.1) is 20.9 Å². The van der Waals surface area contributed by atoms with Gasteiger partial charge in [0.25, 0.3) is 0 Å². The zero-order valence-electron chi connectivity index (χ0n) is 26.4. The van der Waals surface area contributed by atoms with Crippen LogP contribution in [0.3, 0.4) is 0 Å². The summed E-state index contributed by atoms with van der Waals surface area (Å²) in [6.45, 7) is 13.5. The molecule has 0 spiro atoms. The maximum atomic E-state index is 13.4. The first kappa shape index (κ1) is 34.0. The summed E-state index contributed by atoms with van der Waals surface area (Å²) >= 11 is 1.51. The molecule has 2 heterocycles. The molecule has 242 valence electrons. The molecular weight excluding hydrogens is 619 g/mol. The van der Waals surface area contributed by atoms with Crippen molar-refractivity contribution in [2.45, 2.75) is 102 Å². The van der Waals surface area contributed by atoms with Crippen molar-refractivity contribution < 1.29 is 22.7 Å². The number of carbonyl (C=O) groups excluding carboxylic acids is 1. The quantitative estimate of drug-likeness (QED) is 0.141. The highest BCUT2D eigenvalue weighted by Crippen LogP contribution is 2.40. The lowest BCUT2D eigenvalue weighted by molar-refractivity contribution is 0.0883. The molecule has 15 heteroatoms. The zero-order valence-corrected chi connectivity index (χ0v) is 29.1. The van der Waals surface area contributed by atoms with Crippen LogP contribution >= 0.6 is 11.3 Å². The van der Waals surface area contributed by atoms with Crippen LogP contribution in [-0.2, 0) is 26.2 Å². The average molecular weight is 664 g/mol. The van der Waals surface area contributed by atoms with Crippen LogP contribution < -0.4 is 15.4 Å². The number of anilines is 2. The number of hydrogen-bond acceptors (Lipinski definition) is 10. The Balaban J connectivity index is 1.48. The van der Waals surface area contributed by atoms with Crippen molar-refractivity contribution in [2.75, 3.05) is 18.5 Å². The van der Waals surface area contributed by atoms with Gasteiger partial charge in [-0.2, -0.15) is 0 Å². The van der Waals surface area contributed by atoms with Gasteiger partial charge in [0.2, 0.25) is 16.0 Å². The van der Waals surface area contributed by atoms with E-state index in [0.717, 1.165) is 41.6 Å². The monoisotopic (exact) mass is 663 g/mol. The minimum Gasteiger partial charge on any atom is -0.447 e. The third kappa shape index (κ3) is 9.57. The van der Waals surface area contributed by atoms with Gasteiger partial charge in [-0.25, -0.2) is 22.9 Å². The number of aromatic nitrogens is 4. The highest BCUT2D eigenvalue weighted by molar-refractivity contribution is 7.89. The van der Waals surface area contributed by atoms with Gasteiger partial charge in [0.15, 0.2) is 0 Å². The van der Waals surface area contributed by atoms with Crippen LogP contribution in [-0.4, -0.2) is 67.6 Å². The number of amides is 1. The largest absolute Gasteiger partial charge is 0.447 e. The topological polar surface area (TPSA) is 149 Å². The predicted molar refractivity (Wildman–Crippen MR) is 176 cm³/mol. The number of benzene rings is 1. The number of carbonyl (C=O) groups is 1. The Kier molecular flexibility index (Phi) is 11.6. The van der Waals surface area contributed by atoms with Gasteiger partial charge in [0, 0.05) is 50.6 Å². The molecule has 1 aliphatic rings. The summed E-state index contributed by atoms with van der Waals surface area (Å²) in [5.74, 6) is 0.710. The zero-order chi connectivity index (χ0) is 31.9. The van der Waals surface area contributed by atoms with E-state index in [9.17, 15) is 13.2 Å². The van der Waals surface area contributed by atoms with Crippen LogP contribution in [0.25, 0.3) is 10.4 Å².